The highest BCUT2D eigenvalue weighted by atomic mass is 32.1. The van der Waals surface area contributed by atoms with E-state index in [0.29, 0.717) is 10.8 Å². The van der Waals surface area contributed by atoms with Gasteiger partial charge in [-0.15, -0.1) is 11.3 Å². The molecule has 6 nitrogen and oxygen atoms in total. The highest BCUT2D eigenvalue weighted by molar-refractivity contribution is 7.15. The molecule has 1 aliphatic heterocycles. The molecule has 2 aromatic heterocycles. The number of hydrogen-bond acceptors (Lipinski definition) is 6. The predicted octanol–water partition coefficient (Wildman–Crippen LogP) is 2.66. The monoisotopic (exact) mass is 329 g/mol. The van der Waals surface area contributed by atoms with Crippen molar-refractivity contribution in [1.29, 1.82) is 0 Å². The van der Waals surface area contributed by atoms with E-state index in [1.807, 2.05) is 0 Å². The first-order chi connectivity index (χ1) is 11.3. The zero-order valence-corrected chi connectivity index (χ0v) is 13.7. The summed E-state index contributed by atoms with van der Waals surface area (Å²) in [7, 11) is 0. The Bertz CT molecular complexity index is 700. The third-order valence-corrected chi connectivity index (χ3v) is 5.45. The second-order valence-corrected chi connectivity index (χ2v) is 7.09. The minimum Gasteiger partial charge on any atom is -0.357 e. The van der Waals surface area contributed by atoms with Crippen LogP contribution in [0.15, 0.2) is 12.4 Å². The van der Waals surface area contributed by atoms with Crippen LogP contribution in [0.2, 0.25) is 0 Å². The third-order valence-electron chi connectivity index (χ3n) is 4.38. The third kappa shape index (κ3) is 3.06. The highest BCUT2D eigenvalue weighted by Gasteiger charge is 2.19. The fourth-order valence-electron chi connectivity index (χ4n) is 3.16. The van der Waals surface area contributed by atoms with Crippen LogP contribution in [-0.4, -0.2) is 33.9 Å². The summed E-state index contributed by atoms with van der Waals surface area (Å²) < 4.78 is 0. The maximum atomic E-state index is 12.4. The number of aryl methyl sites for hydroxylation is 2. The fourth-order valence-corrected chi connectivity index (χ4v) is 4.20. The standard InChI is InChI=1S/C16H19N5OS/c22-15(20-16-19-11-5-1-2-6-13(11)23-16)12-9-14(18-10-17-12)21-7-3-4-8-21/h9-10H,1-8H2,(H,19,20,22). The van der Waals surface area contributed by atoms with Crippen molar-refractivity contribution in [3.63, 3.8) is 0 Å². The molecule has 4 rings (SSSR count). The molecule has 120 valence electrons. The lowest BCUT2D eigenvalue weighted by atomic mass is 10.0. The first kappa shape index (κ1) is 14.6. The summed E-state index contributed by atoms with van der Waals surface area (Å²) in [5.41, 5.74) is 1.55. The Morgan fingerprint density at radius 3 is 2.78 bits per heavy atom. The highest BCUT2D eigenvalue weighted by Crippen LogP contribution is 2.29. The topological polar surface area (TPSA) is 71.0 Å². The molecular weight excluding hydrogens is 310 g/mol. The van der Waals surface area contributed by atoms with Crippen molar-refractivity contribution < 1.29 is 4.79 Å². The minimum atomic E-state index is -0.209. The summed E-state index contributed by atoms with van der Waals surface area (Å²) >= 11 is 1.59. The van der Waals surface area contributed by atoms with E-state index in [-0.39, 0.29) is 5.91 Å². The normalized spacial score (nSPS) is 17.1. The fraction of sp³-hybridized carbons (Fsp3) is 0.500. The second kappa shape index (κ2) is 6.23. The molecule has 0 atom stereocenters. The summed E-state index contributed by atoms with van der Waals surface area (Å²) in [4.78, 5) is 28.9. The van der Waals surface area contributed by atoms with E-state index in [2.05, 4.69) is 25.2 Å². The number of thiazole rings is 1. The molecular formula is C16H19N5OS. The zero-order chi connectivity index (χ0) is 15.6. The Labute approximate surface area is 139 Å². The van der Waals surface area contributed by atoms with Crippen molar-refractivity contribution in [2.75, 3.05) is 23.3 Å². The van der Waals surface area contributed by atoms with Crippen molar-refractivity contribution in [3.8, 4) is 0 Å². The van der Waals surface area contributed by atoms with Crippen LogP contribution in [0.4, 0.5) is 10.9 Å². The van der Waals surface area contributed by atoms with Crippen LogP contribution in [0.25, 0.3) is 0 Å². The van der Waals surface area contributed by atoms with Crippen LogP contribution in [0.5, 0.6) is 0 Å². The maximum absolute atomic E-state index is 12.4. The lowest BCUT2D eigenvalue weighted by Gasteiger charge is -2.16. The summed E-state index contributed by atoms with van der Waals surface area (Å²) in [6.45, 7) is 1.99. The number of carbonyl (C=O) groups is 1. The largest absolute Gasteiger partial charge is 0.357 e. The Kier molecular flexibility index (Phi) is 3.95. The van der Waals surface area contributed by atoms with Gasteiger partial charge in [-0.25, -0.2) is 15.0 Å². The number of nitrogens with zero attached hydrogens (tertiary/aromatic N) is 4. The van der Waals surface area contributed by atoms with E-state index in [1.54, 1.807) is 17.4 Å². The average Bonchev–Trinajstić information content (AvgIpc) is 3.24. The Hall–Kier alpha value is -2.02. The smallest absolute Gasteiger partial charge is 0.276 e. The van der Waals surface area contributed by atoms with Gasteiger partial charge in [-0.3, -0.25) is 10.1 Å². The molecule has 1 saturated heterocycles. The van der Waals surface area contributed by atoms with Crippen molar-refractivity contribution in [2.24, 2.45) is 0 Å². The number of fused-ring (bicyclic) bond motifs is 1. The molecule has 0 radical (unpaired) electrons. The van der Waals surface area contributed by atoms with Crippen LogP contribution in [0.3, 0.4) is 0 Å². The van der Waals surface area contributed by atoms with Gasteiger partial charge in [-0.05, 0) is 38.5 Å². The number of carbonyl (C=O) groups excluding carboxylic acids is 1. The van der Waals surface area contributed by atoms with E-state index in [4.69, 9.17) is 0 Å². The van der Waals surface area contributed by atoms with E-state index in [1.165, 1.54) is 36.9 Å². The van der Waals surface area contributed by atoms with Crippen LogP contribution < -0.4 is 10.2 Å². The molecule has 1 aliphatic carbocycles. The molecule has 23 heavy (non-hydrogen) atoms. The summed E-state index contributed by atoms with van der Waals surface area (Å²) in [6.07, 6.45) is 8.33. The van der Waals surface area contributed by atoms with E-state index < -0.39 is 0 Å². The van der Waals surface area contributed by atoms with Gasteiger partial charge in [-0.1, -0.05) is 0 Å². The second-order valence-electron chi connectivity index (χ2n) is 6.01. The number of amides is 1. The van der Waals surface area contributed by atoms with Gasteiger partial charge in [0.1, 0.15) is 17.8 Å². The molecule has 2 aliphatic rings. The quantitative estimate of drug-likeness (QED) is 0.937. The van der Waals surface area contributed by atoms with Gasteiger partial charge in [-0.2, -0.15) is 0 Å². The van der Waals surface area contributed by atoms with Crippen molar-refractivity contribution in [1.82, 2.24) is 15.0 Å². The lowest BCUT2D eigenvalue weighted by molar-refractivity contribution is 0.102. The van der Waals surface area contributed by atoms with Gasteiger partial charge < -0.3 is 4.90 Å². The molecule has 0 spiro atoms. The summed E-state index contributed by atoms with van der Waals surface area (Å²) in [6, 6.07) is 1.77. The first-order valence-electron chi connectivity index (χ1n) is 8.16. The Morgan fingerprint density at radius 2 is 1.96 bits per heavy atom. The van der Waals surface area contributed by atoms with Crippen LogP contribution in [-0.2, 0) is 12.8 Å². The van der Waals surface area contributed by atoms with Crippen molar-refractivity contribution in [3.05, 3.63) is 28.7 Å². The van der Waals surface area contributed by atoms with E-state index >= 15 is 0 Å². The summed E-state index contributed by atoms with van der Waals surface area (Å²) in [5.74, 6) is 0.625. The van der Waals surface area contributed by atoms with Gasteiger partial charge in [0.05, 0.1) is 5.69 Å². The molecule has 7 heteroatoms. The Balaban J connectivity index is 1.50. The van der Waals surface area contributed by atoms with Crippen LogP contribution >= 0.6 is 11.3 Å². The number of hydrogen-bond donors (Lipinski definition) is 1. The number of anilines is 2. The number of aromatic nitrogens is 3. The van der Waals surface area contributed by atoms with Crippen molar-refractivity contribution >= 4 is 28.2 Å². The molecule has 2 aromatic rings. The Morgan fingerprint density at radius 1 is 1.13 bits per heavy atom. The molecule has 1 fully saturated rings. The SMILES string of the molecule is O=C(Nc1nc2c(s1)CCCC2)c1cc(N2CCCC2)ncn1. The van der Waals surface area contributed by atoms with Crippen molar-refractivity contribution in [2.45, 2.75) is 38.5 Å². The molecule has 1 N–H and O–H groups in total. The predicted molar refractivity (Wildman–Crippen MR) is 90.2 cm³/mol. The first-order valence-corrected chi connectivity index (χ1v) is 8.98. The van der Waals surface area contributed by atoms with Gasteiger partial charge in [0.25, 0.3) is 5.91 Å². The number of rotatable bonds is 3. The van der Waals surface area contributed by atoms with E-state index in [9.17, 15) is 4.79 Å². The van der Waals surface area contributed by atoms with Gasteiger partial charge in [0, 0.05) is 24.0 Å². The molecule has 0 aromatic carbocycles. The maximum Gasteiger partial charge on any atom is 0.276 e. The van der Waals surface area contributed by atoms with Gasteiger partial charge in [0.2, 0.25) is 0 Å². The molecule has 3 heterocycles. The minimum absolute atomic E-state index is 0.209. The molecule has 1 amide bonds. The van der Waals surface area contributed by atoms with Gasteiger partial charge >= 0.3 is 0 Å². The van der Waals surface area contributed by atoms with Gasteiger partial charge in [0.15, 0.2) is 5.13 Å². The lowest BCUT2D eigenvalue weighted by Crippen LogP contribution is -2.21. The van der Waals surface area contributed by atoms with E-state index in [0.717, 1.165) is 37.4 Å². The molecule has 0 saturated carbocycles. The molecule has 0 unspecified atom stereocenters. The van der Waals surface area contributed by atoms with Crippen LogP contribution in [0.1, 0.15) is 46.7 Å². The van der Waals surface area contributed by atoms with Crippen LogP contribution in [0, 0.1) is 0 Å². The number of nitrogens with one attached hydrogen (secondary N) is 1. The molecule has 0 bridgehead atoms. The summed E-state index contributed by atoms with van der Waals surface area (Å²) in [5, 5.41) is 3.58. The zero-order valence-electron chi connectivity index (χ0n) is 12.9. The average molecular weight is 329 g/mol.